The van der Waals surface area contributed by atoms with Crippen LogP contribution in [0.3, 0.4) is 0 Å². The molecule has 1 fully saturated rings. The first-order valence-electron chi connectivity index (χ1n) is 7.34. The summed E-state index contributed by atoms with van der Waals surface area (Å²) in [6.45, 7) is 3.48. The molecule has 0 radical (unpaired) electrons. The van der Waals surface area contributed by atoms with Gasteiger partial charge in [0, 0.05) is 19.2 Å². The Bertz CT molecular complexity index is 656. The molecule has 0 bridgehead atoms. The van der Waals surface area contributed by atoms with Crippen LogP contribution in [0.1, 0.15) is 6.92 Å². The normalized spacial score (nSPS) is 16.7. The average molecular weight is 342 g/mol. The Balaban J connectivity index is 2.32. The van der Waals surface area contributed by atoms with E-state index in [4.69, 9.17) is 9.47 Å². The fraction of sp³-hybridized carbons (Fsp3) is 0.533. The monoisotopic (exact) mass is 342 g/mol. The minimum atomic E-state index is -3.63. The standard InChI is InChI=1S/C15H22N2O5S/c1-12(15(18)16-7-9-22-10-8-16)17(23(3,19)20)13-5-4-6-14(11-13)21-2/h4-6,11-12H,7-10H2,1-3H3. The van der Waals surface area contributed by atoms with Crippen LogP contribution >= 0.6 is 0 Å². The van der Waals surface area contributed by atoms with E-state index in [9.17, 15) is 13.2 Å². The molecule has 0 spiro atoms. The summed E-state index contributed by atoms with van der Waals surface area (Å²) in [7, 11) is -2.12. The predicted molar refractivity (Wildman–Crippen MR) is 87.2 cm³/mol. The van der Waals surface area contributed by atoms with Crippen LogP contribution in [0.4, 0.5) is 5.69 Å². The number of amides is 1. The molecule has 0 aliphatic carbocycles. The van der Waals surface area contributed by atoms with Crippen LogP contribution in [0.5, 0.6) is 5.75 Å². The largest absolute Gasteiger partial charge is 0.497 e. The first kappa shape index (κ1) is 17.6. The molecule has 1 aromatic carbocycles. The summed E-state index contributed by atoms with van der Waals surface area (Å²) in [4.78, 5) is 14.3. The summed E-state index contributed by atoms with van der Waals surface area (Å²) in [5.41, 5.74) is 0.404. The number of ether oxygens (including phenoxy) is 2. The van der Waals surface area contributed by atoms with E-state index in [1.165, 1.54) is 7.11 Å². The summed E-state index contributed by atoms with van der Waals surface area (Å²) in [6.07, 6.45) is 1.09. The van der Waals surface area contributed by atoms with Crippen molar-refractivity contribution in [2.45, 2.75) is 13.0 Å². The molecule has 1 amide bonds. The third-order valence-corrected chi connectivity index (χ3v) is 4.94. The molecule has 2 rings (SSSR count). The molecule has 0 aromatic heterocycles. The number of carbonyl (C=O) groups is 1. The van der Waals surface area contributed by atoms with Crippen molar-refractivity contribution in [1.29, 1.82) is 0 Å². The van der Waals surface area contributed by atoms with E-state index in [0.29, 0.717) is 37.7 Å². The lowest BCUT2D eigenvalue weighted by Crippen LogP contribution is -2.52. The van der Waals surface area contributed by atoms with Crippen molar-refractivity contribution in [3.8, 4) is 5.75 Å². The maximum absolute atomic E-state index is 12.6. The maximum atomic E-state index is 12.6. The van der Waals surface area contributed by atoms with Gasteiger partial charge in [-0.2, -0.15) is 0 Å². The molecular weight excluding hydrogens is 320 g/mol. The average Bonchev–Trinajstić information content (AvgIpc) is 2.54. The van der Waals surface area contributed by atoms with Gasteiger partial charge in [0.05, 0.1) is 32.3 Å². The van der Waals surface area contributed by atoms with E-state index >= 15 is 0 Å². The first-order valence-corrected chi connectivity index (χ1v) is 9.19. The smallest absolute Gasteiger partial charge is 0.246 e. The highest BCUT2D eigenvalue weighted by Gasteiger charge is 2.32. The molecule has 1 atom stereocenters. The Morgan fingerprint density at radius 1 is 1.35 bits per heavy atom. The Morgan fingerprint density at radius 3 is 2.57 bits per heavy atom. The van der Waals surface area contributed by atoms with Gasteiger partial charge in [-0.25, -0.2) is 8.42 Å². The molecule has 23 heavy (non-hydrogen) atoms. The van der Waals surface area contributed by atoms with Gasteiger partial charge in [-0.05, 0) is 19.1 Å². The quantitative estimate of drug-likeness (QED) is 0.788. The number of sulfonamides is 1. The van der Waals surface area contributed by atoms with Crippen molar-refractivity contribution in [2.75, 3.05) is 44.0 Å². The summed E-state index contributed by atoms with van der Waals surface area (Å²) < 4.78 is 36.0. The molecular formula is C15H22N2O5S. The Kier molecular flexibility index (Phi) is 5.48. The zero-order valence-electron chi connectivity index (χ0n) is 13.6. The number of benzene rings is 1. The van der Waals surface area contributed by atoms with Crippen LogP contribution < -0.4 is 9.04 Å². The zero-order chi connectivity index (χ0) is 17.0. The molecule has 1 unspecified atom stereocenters. The van der Waals surface area contributed by atoms with E-state index in [1.54, 1.807) is 36.1 Å². The van der Waals surface area contributed by atoms with Gasteiger partial charge in [-0.1, -0.05) is 6.07 Å². The lowest BCUT2D eigenvalue weighted by molar-refractivity contribution is -0.136. The highest BCUT2D eigenvalue weighted by Crippen LogP contribution is 2.26. The zero-order valence-corrected chi connectivity index (χ0v) is 14.4. The highest BCUT2D eigenvalue weighted by atomic mass is 32.2. The second kappa shape index (κ2) is 7.18. The highest BCUT2D eigenvalue weighted by molar-refractivity contribution is 7.92. The second-order valence-electron chi connectivity index (χ2n) is 5.37. The van der Waals surface area contributed by atoms with Crippen molar-refractivity contribution in [3.05, 3.63) is 24.3 Å². The molecule has 1 saturated heterocycles. The molecule has 0 N–H and O–H groups in total. The molecule has 7 nitrogen and oxygen atoms in total. The lowest BCUT2D eigenvalue weighted by Gasteiger charge is -2.34. The van der Waals surface area contributed by atoms with Gasteiger partial charge in [0.1, 0.15) is 11.8 Å². The number of hydrogen-bond acceptors (Lipinski definition) is 5. The maximum Gasteiger partial charge on any atom is 0.246 e. The van der Waals surface area contributed by atoms with Gasteiger partial charge in [-0.15, -0.1) is 0 Å². The van der Waals surface area contributed by atoms with Gasteiger partial charge >= 0.3 is 0 Å². The van der Waals surface area contributed by atoms with Gasteiger partial charge in [0.2, 0.25) is 15.9 Å². The fourth-order valence-corrected chi connectivity index (χ4v) is 3.76. The summed E-state index contributed by atoms with van der Waals surface area (Å²) >= 11 is 0. The van der Waals surface area contributed by atoms with Gasteiger partial charge in [0.25, 0.3) is 0 Å². The van der Waals surface area contributed by atoms with E-state index in [1.807, 2.05) is 0 Å². The van der Waals surface area contributed by atoms with Crippen molar-refractivity contribution in [2.24, 2.45) is 0 Å². The van der Waals surface area contributed by atoms with Gasteiger partial charge < -0.3 is 14.4 Å². The number of methoxy groups -OCH3 is 1. The second-order valence-corrected chi connectivity index (χ2v) is 7.23. The molecule has 0 saturated carbocycles. The topological polar surface area (TPSA) is 76.2 Å². The molecule has 1 aliphatic rings. The van der Waals surface area contributed by atoms with Gasteiger partial charge in [0.15, 0.2) is 0 Å². The fourth-order valence-electron chi connectivity index (χ4n) is 2.60. The predicted octanol–water partition coefficient (Wildman–Crippen LogP) is 0.709. The molecule has 1 aliphatic heterocycles. The third-order valence-electron chi connectivity index (χ3n) is 3.70. The van der Waals surface area contributed by atoms with E-state index in [0.717, 1.165) is 10.6 Å². The van der Waals surface area contributed by atoms with Gasteiger partial charge in [-0.3, -0.25) is 9.10 Å². The minimum Gasteiger partial charge on any atom is -0.497 e. The molecule has 8 heteroatoms. The summed E-state index contributed by atoms with van der Waals surface area (Å²) in [5.74, 6) is 0.295. The molecule has 1 heterocycles. The van der Waals surface area contributed by atoms with Crippen LogP contribution in [0.25, 0.3) is 0 Å². The van der Waals surface area contributed by atoms with Crippen molar-refractivity contribution < 1.29 is 22.7 Å². The van der Waals surface area contributed by atoms with E-state index < -0.39 is 16.1 Å². The van der Waals surface area contributed by atoms with Crippen molar-refractivity contribution in [1.82, 2.24) is 4.90 Å². The number of carbonyl (C=O) groups excluding carboxylic acids is 1. The number of rotatable bonds is 5. The number of anilines is 1. The number of hydrogen-bond donors (Lipinski definition) is 0. The van der Waals surface area contributed by atoms with E-state index in [-0.39, 0.29) is 5.91 Å². The van der Waals surface area contributed by atoms with Crippen LogP contribution in [0.15, 0.2) is 24.3 Å². The van der Waals surface area contributed by atoms with Crippen LogP contribution in [-0.2, 0) is 19.6 Å². The van der Waals surface area contributed by atoms with Crippen molar-refractivity contribution >= 4 is 21.6 Å². The number of nitrogens with zero attached hydrogens (tertiary/aromatic N) is 2. The minimum absolute atomic E-state index is 0.235. The third kappa shape index (κ3) is 4.14. The van der Waals surface area contributed by atoms with Crippen LogP contribution in [-0.4, -0.2) is 64.9 Å². The Labute approximate surface area is 136 Å². The molecule has 1 aromatic rings. The Morgan fingerprint density at radius 2 is 2.00 bits per heavy atom. The first-order chi connectivity index (χ1) is 10.8. The summed E-state index contributed by atoms with van der Waals surface area (Å²) in [5, 5.41) is 0. The Hall–Kier alpha value is -1.80. The van der Waals surface area contributed by atoms with Crippen molar-refractivity contribution in [3.63, 3.8) is 0 Å². The lowest BCUT2D eigenvalue weighted by atomic mass is 10.2. The molecule has 128 valence electrons. The van der Waals surface area contributed by atoms with Crippen LogP contribution in [0, 0.1) is 0 Å². The van der Waals surface area contributed by atoms with Crippen LogP contribution in [0.2, 0.25) is 0 Å². The SMILES string of the molecule is COc1cccc(N(C(C)C(=O)N2CCOCC2)S(C)(=O)=O)c1. The van der Waals surface area contributed by atoms with E-state index in [2.05, 4.69) is 0 Å². The summed E-state index contributed by atoms with van der Waals surface area (Å²) in [6, 6.07) is 5.82. The number of morpholine rings is 1.